The lowest BCUT2D eigenvalue weighted by molar-refractivity contribution is 0.573. The minimum atomic E-state index is -0.784. The molecule has 13 aromatic rings. The van der Waals surface area contributed by atoms with Gasteiger partial charge in [0, 0.05) is 90.4 Å². The predicted molar refractivity (Wildman–Crippen MR) is 330 cm³/mol. The standard InChI is InChI=1S/C73H47N9S/c1-70(2)54-30-43(31-55-65(54)81(61-18-11-26-78-67(61)70)62-37-77-38-79-68(62)71(55,3)4)41-21-24-63-49(29-41)47-22-19-42(32-64(47)83-63)40-20-23-53-48(28-40)46-14-7-10-17-52(46)73(53)58-35-75-34-57-66(58)82(69-59(73)36-76-39-80-69)60-25-27-74-33-56(60)72(57)50-15-8-5-12-44(50)45-13-6-9-16-51(45)72/h5-39H,1-4H3. The molecule has 10 heterocycles. The first-order chi connectivity index (χ1) is 40.7. The van der Waals surface area contributed by atoms with Crippen molar-refractivity contribution in [3.05, 3.63) is 281 Å². The fraction of sp³-hybridized carbons (Fsp3) is 0.110. The minimum Gasteiger partial charge on any atom is -0.305 e. The molecule has 2 spiro atoms. The van der Waals surface area contributed by atoms with Crippen LogP contribution in [0.3, 0.4) is 0 Å². The van der Waals surface area contributed by atoms with E-state index in [4.69, 9.17) is 29.9 Å². The average molecular weight is 1080 g/mol. The van der Waals surface area contributed by atoms with E-state index >= 15 is 0 Å². The fourth-order valence-corrected chi connectivity index (χ4v) is 17.3. The van der Waals surface area contributed by atoms with Crippen LogP contribution in [-0.2, 0) is 21.7 Å². The van der Waals surface area contributed by atoms with Gasteiger partial charge in [0.15, 0.2) is 0 Å². The van der Waals surface area contributed by atoms with Crippen LogP contribution in [0.25, 0.3) is 64.7 Å². The summed E-state index contributed by atoms with van der Waals surface area (Å²) in [7, 11) is 0. The average Bonchev–Trinajstić information content (AvgIpc) is 1.69. The van der Waals surface area contributed by atoms with E-state index < -0.39 is 10.8 Å². The summed E-state index contributed by atoms with van der Waals surface area (Å²) >= 11 is 1.86. The first kappa shape index (κ1) is 45.7. The summed E-state index contributed by atoms with van der Waals surface area (Å²) in [5.74, 6) is 0.858. The molecular formula is C73H47N9S. The highest BCUT2D eigenvalue weighted by atomic mass is 32.1. The first-order valence-electron chi connectivity index (χ1n) is 28.4. The van der Waals surface area contributed by atoms with Crippen LogP contribution in [0.2, 0.25) is 0 Å². The van der Waals surface area contributed by atoms with Gasteiger partial charge in [0.05, 0.1) is 56.9 Å². The van der Waals surface area contributed by atoms with Crippen molar-refractivity contribution in [3.63, 3.8) is 0 Å². The molecule has 0 radical (unpaired) electrons. The van der Waals surface area contributed by atoms with Crippen LogP contribution in [0.4, 0.5) is 34.3 Å². The lowest BCUT2D eigenvalue weighted by atomic mass is 9.60. The van der Waals surface area contributed by atoms with E-state index in [1.165, 1.54) is 98.2 Å². The van der Waals surface area contributed by atoms with Crippen LogP contribution in [0.1, 0.15) is 94.7 Å². The van der Waals surface area contributed by atoms with Gasteiger partial charge >= 0.3 is 0 Å². The van der Waals surface area contributed by atoms with Crippen molar-refractivity contribution in [1.29, 1.82) is 0 Å². The van der Waals surface area contributed by atoms with Crippen molar-refractivity contribution in [2.24, 2.45) is 0 Å². The van der Waals surface area contributed by atoms with Gasteiger partial charge < -0.3 is 4.90 Å². The van der Waals surface area contributed by atoms with E-state index in [0.29, 0.717) is 0 Å². The number of rotatable bonds is 2. The van der Waals surface area contributed by atoms with Crippen LogP contribution in [0.15, 0.2) is 214 Å². The minimum absolute atomic E-state index is 0.356. The smallest absolute Gasteiger partial charge is 0.145 e. The second kappa shape index (κ2) is 15.5. The highest BCUT2D eigenvalue weighted by Crippen LogP contribution is 2.70. The molecule has 2 aliphatic carbocycles. The normalized spacial score (nSPS) is 17.4. The van der Waals surface area contributed by atoms with Gasteiger partial charge in [-0.2, -0.15) is 0 Å². The van der Waals surface area contributed by atoms with E-state index in [2.05, 4.69) is 213 Å². The summed E-state index contributed by atoms with van der Waals surface area (Å²) in [5, 5.41) is 2.51. The van der Waals surface area contributed by atoms with Crippen LogP contribution < -0.4 is 9.80 Å². The maximum absolute atomic E-state index is 5.31. The second-order valence-electron chi connectivity index (χ2n) is 24.1. The molecule has 0 fully saturated rings. The van der Waals surface area contributed by atoms with Gasteiger partial charge in [-0.25, -0.2) is 19.9 Å². The summed E-state index contributed by atoms with van der Waals surface area (Å²) in [6, 6.07) is 59.2. The summed E-state index contributed by atoms with van der Waals surface area (Å²) in [6.45, 7) is 9.23. The first-order valence-corrected chi connectivity index (χ1v) is 29.2. The Morgan fingerprint density at radius 3 is 1.70 bits per heavy atom. The number of hydrogen-bond acceptors (Lipinski definition) is 10. The Hall–Kier alpha value is -10.0. The molecule has 6 aliphatic rings. The monoisotopic (exact) mass is 1080 g/mol. The van der Waals surface area contributed by atoms with E-state index in [0.717, 1.165) is 67.8 Å². The third-order valence-electron chi connectivity index (χ3n) is 19.7. The highest BCUT2D eigenvalue weighted by molar-refractivity contribution is 7.25. The van der Waals surface area contributed by atoms with Gasteiger partial charge in [-0.15, -0.1) is 11.3 Å². The molecule has 1 atom stereocenters. The fourth-order valence-electron chi connectivity index (χ4n) is 16.2. The summed E-state index contributed by atoms with van der Waals surface area (Å²) < 4.78 is 2.52. The Morgan fingerprint density at radius 2 is 0.940 bits per heavy atom. The zero-order valence-electron chi connectivity index (χ0n) is 45.6. The van der Waals surface area contributed by atoms with Crippen molar-refractivity contribution >= 4 is 65.8 Å². The van der Waals surface area contributed by atoms with Gasteiger partial charge in [-0.3, -0.25) is 19.9 Å². The summed E-state index contributed by atoms with van der Waals surface area (Å²) in [6.07, 6.45) is 17.5. The maximum Gasteiger partial charge on any atom is 0.145 e. The number of benzene rings is 7. The second-order valence-corrected chi connectivity index (χ2v) is 25.2. The summed E-state index contributed by atoms with van der Waals surface area (Å²) in [5.41, 5.74) is 26.6. The van der Waals surface area contributed by atoms with Gasteiger partial charge in [0.1, 0.15) is 18.5 Å². The molecule has 0 amide bonds. The number of nitrogens with zero attached hydrogens (tertiary/aromatic N) is 9. The molecule has 390 valence electrons. The number of aromatic nitrogens is 7. The molecule has 6 aromatic heterocycles. The zero-order valence-corrected chi connectivity index (χ0v) is 46.5. The molecule has 0 bridgehead atoms. The lowest BCUT2D eigenvalue weighted by Crippen LogP contribution is -2.43. The van der Waals surface area contributed by atoms with Crippen molar-refractivity contribution in [1.82, 2.24) is 34.9 Å². The molecule has 1 unspecified atom stereocenters. The SMILES string of the molecule is CC1(C)c2cc(-c3ccc4sc5cc(-c6ccc7c(c6)-c6ccccc6C76c7cncnc7N7c8ccncc8C8(c9ccccc9-c9ccccc98)c8cncc6c87)ccc5c4c3)cc3c2N(c2cccnc21)c1cncnc1C3(C)C. The zero-order chi connectivity index (χ0) is 54.9. The van der Waals surface area contributed by atoms with Crippen LogP contribution in [-0.4, -0.2) is 34.9 Å². The number of anilines is 6. The van der Waals surface area contributed by atoms with Gasteiger partial charge in [-0.05, 0) is 160 Å². The third-order valence-corrected chi connectivity index (χ3v) is 20.8. The number of hydrogen-bond donors (Lipinski definition) is 0. The molecule has 7 aromatic carbocycles. The highest BCUT2D eigenvalue weighted by Gasteiger charge is 2.59. The van der Waals surface area contributed by atoms with Crippen molar-refractivity contribution in [2.45, 2.75) is 49.4 Å². The van der Waals surface area contributed by atoms with Gasteiger partial charge in [-0.1, -0.05) is 103 Å². The van der Waals surface area contributed by atoms with Crippen LogP contribution >= 0.6 is 11.3 Å². The van der Waals surface area contributed by atoms with E-state index in [9.17, 15) is 0 Å². The third kappa shape index (κ3) is 5.38. The quantitative estimate of drug-likeness (QED) is 0.168. The molecule has 9 nitrogen and oxygen atoms in total. The molecule has 19 rings (SSSR count). The van der Waals surface area contributed by atoms with E-state index in [1.54, 1.807) is 12.7 Å². The molecule has 10 heteroatoms. The lowest BCUT2D eigenvalue weighted by Gasteiger charge is -2.50. The molecule has 0 N–H and O–H groups in total. The maximum atomic E-state index is 5.31. The molecule has 83 heavy (non-hydrogen) atoms. The molecule has 0 saturated heterocycles. The van der Waals surface area contributed by atoms with E-state index in [-0.39, 0.29) is 10.8 Å². The number of pyridine rings is 3. The predicted octanol–water partition coefficient (Wildman–Crippen LogP) is 16.7. The molecular weight excluding hydrogens is 1030 g/mol. The molecule has 0 saturated carbocycles. The Balaban J connectivity index is 0.765. The van der Waals surface area contributed by atoms with Gasteiger partial charge in [0.2, 0.25) is 0 Å². The van der Waals surface area contributed by atoms with E-state index in [1.807, 2.05) is 42.2 Å². The Kier molecular flexibility index (Phi) is 8.52. The van der Waals surface area contributed by atoms with Crippen molar-refractivity contribution < 1.29 is 0 Å². The number of thiophene rings is 1. The summed E-state index contributed by atoms with van der Waals surface area (Å²) in [4.78, 5) is 39.6. The Bertz CT molecular complexity index is 4990. The molecule has 4 aliphatic heterocycles. The van der Waals surface area contributed by atoms with Crippen LogP contribution in [0.5, 0.6) is 0 Å². The largest absolute Gasteiger partial charge is 0.305 e. The van der Waals surface area contributed by atoms with Crippen molar-refractivity contribution in [2.75, 3.05) is 9.80 Å². The van der Waals surface area contributed by atoms with Gasteiger partial charge in [0.25, 0.3) is 0 Å². The Morgan fingerprint density at radius 1 is 0.349 bits per heavy atom. The Labute approximate surface area is 482 Å². The van der Waals surface area contributed by atoms with Crippen molar-refractivity contribution in [3.8, 4) is 44.5 Å². The number of fused-ring (bicyclic) bond motifs is 25. The topological polar surface area (TPSA) is 96.7 Å². The van der Waals surface area contributed by atoms with Crippen LogP contribution in [0, 0.1) is 0 Å².